The maximum atomic E-state index is 13.6. The van der Waals surface area contributed by atoms with Crippen molar-refractivity contribution in [3.8, 4) is 0 Å². The summed E-state index contributed by atoms with van der Waals surface area (Å²) < 4.78 is 13.6. The maximum absolute atomic E-state index is 13.6. The summed E-state index contributed by atoms with van der Waals surface area (Å²) in [5.74, 6) is 0.594. The highest BCUT2D eigenvalue weighted by Gasteiger charge is 2.28. The molecule has 3 rings (SSSR count). The van der Waals surface area contributed by atoms with Crippen LogP contribution in [0.5, 0.6) is 0 Å². The van der Waals surface area contributed by atoms with Crippen LogP contribution in [0.15, 0.2) is 29.3 Å². The number of guanidine groups is 1. The molecule has 6 heteroatoms. The lowest BCUT2D eigenvalue weighted by Gasteiger charge is -2.38. The largest absolute Gasteiger partial charge is 0.343 e. The fourth-order valence-electron chi connectivity index (χ4n) is 3.82. The van der Waals surface area contributed by atoms with Crippen LogP contribution >= 0.6 is 0 Å². The molecule has 0 spiro atoms. The Morgan fingerprint density at radius 3 is 2.56 bits per heavy atom. The van der Waals surface area contributed by atoms with Crippen LogP contribution in [0.2, 0.25) is 0 Å². The van der Waals surface area contributed by atoms with E-state index in [4.69, 9.17) is 10.7 Å². The Balaban J connectivity index is 1.68. The van der Waals surface area contributed by atoms with Crippen LogP contribution in [0.4, 0.5) is 10.1 Å². The number of halogens is 1. The van der Waals surface area contributed by atoms with E-state index in [-0.39, 0.29) is 11.2 Å². The summed E-state index contributed by atoms with van der Waals surface area (Å²) in [4.78, 5) is 9.81. The fraction of sp³-hybridized carbons (Fsp3) is 0.667. The maximum Gasteiger partial charge on any atom is 0.198 e. The van der Waals surface area contributed by atoms with Crippen molar-refractivity contribution in [3.05, 3.63) is 30.1 Å². The van der Waals surface area contributed by atoms with Gasteiger partial charge in [-0.25, -0.2) is 4.39 Å². The average Bonchev–Trinajstić information content (AvgIpc) is 3.20. The first-order valence-electron chi connectivity index (χ1n) is 10.2. The van der Waals surface area contributed by atoms with Crippen LogP contribution < -0.4 is 11.1 Å². The summed E-state index contributed by atoms with van der Waals surface area (Å²) in [7, 11) is 0. The summed E-state index contributed by atoms with van der Waals surface area (Å²) in [6.07, 6.45) is 4.98. The molecule has 2 fully saturated rings. The number of likely N-dealkylation sites (tertiary alicyclic amines) is 2. The number of benzene rings is 1. The van der Waals surface area contributed by atoms with Crippen LogP contribution in [0.3, 0.4) is 0 Å². The number of nitrogens with zero attached hydrogens (tertiary/aromatic N) is 3. The number of aliphatic imine (C=N–C) groups is 1. The van der Waals surface area contributed by atoms with Gasteiger partial charge in [-0.2, -0.15) is 0 Å². The number of rotatable bonds is 5. The van der Waals surface area contributed by atoms with E-state index in [0.29, 0.717) is 19.1 Å². The van der Waals surface area contributed by atoms with Crippen molar-refractivity contribution in [2.45, 2.75) is 45.6 Å². The molecule has 0 saturated carbocycles. The molecule has 1 aromatic carbocycles. The number of piperidine rings is 1. The highest BCUT2D eigenvalue weighted by atomic mass is 19.1. The molecule has 0 atom stereocenters. The van der Waals surface area contributed by atoms with E-state index < -0.39 is 0 Å². The second kappa shape index (κ2) is 9.02. The van der Waals surface area contributed by atoms with Crippen molar-refractivity contribution in [2.24, 2.45) is 16.1 Å². The van der Waals surface area contributed by atoms with E-state index >= 15 is 0 Å². The quantitative estimate of drug-likeness (QED) is 0.613. The van der Waals surface area contributed by atoms with Crippen LogP contribution in [-0.4, -0.2) is 61.1 Å². The smallest absolute Gasteiger partial charge is 0.198 e. The molecule has 2 aliphatic heterocycles. The SMILES string of the molecule is CC(C)(CN)CN=C(Nc1cccc(F)c1)N1CCC(N2CCCC2)CC1. The molecule has 27 heavy (non-hydrogen) atoms. The van der Waals surface area contributed by atoms with Gasteiger partial charge in [0.1, 0.15) is 5.82 Å². The van der Waals surface area contributed by atoms with Gasteiger partial charge in [0.05, 0.1) is 0 Å². The predicted molar refractivity (Wildman–Crippen MR) is 111 cm³/mol. The highest BCUT2D eigenvalue weighted by molar-refractivity contribution is 5.93. The zero-order valence-electron chi connectivity index (χ0n) is 16.8. The lowest BCUT2D eigenvalue weighted by Crippen LogP contribution is -2.48. The highest BCUT2D eigenvalue weighted by Crippen LogP contribution is 2.22. The lowest BCUT2D eigenvalue weighted by atomic mass is 9.94. The average molecular weight is 376 g/mol. The third kappa shape index (κ3) is 5.66. The molecule has 0 aliphatic carbocycles. The van der Waals surface area contributed by atoms with E-state index in [9.17, 15) is 4.39 Å². The van der Waals surface area contributed by atoms with Crippen LogP contribution in [-0.2, 0) is 0 Å². The summed E-state index contributed by atoms with van der Waals surface area (Å²) >= 11 is 0. The third-order valence-electron chi connectivity index (χ3n) is 5.71. The molecular formula is C21H34FN5. The van der Waals surface area contributed by atoms with Crippen molar-refractivity contribution in [3.63, 3.8) is 0 Å². The van der Waals surface area contributed by atoms with Crippen molar-refractivity contribution < 1.29 is 4.39 Å². The lowest BCUT2D eigenvalue weighted by molar-refractivity contribution is 0.163. The van der Waals surface area contributed by atoms with Gasteiger partial charge in [0.25, 0.3) is 0 Å². The Bertz CT molecular complexity index is 631. The molecule has 0 aromatic heterocycles. The molecule has 3 N–H and O–H groups in total. The molecule has 2 saturated heterocycles. The Morgan fingerprint density at radius 1 is 1.22 bits per heavy atom. The minimum atomic E-state index is -0.241. The number of nitrogens with one attached hydrogen (secondary N) is 1. The standard InChI is InChI=1S/C21H34FN5/c1-21(2,15-23)16-24-20(25-18-7-5-6-17(22)14-18)27-12-8-19(9-13-27)26-10-3-4-11-26/h5-7,14,19H,3-4,8-13,15-16,23H2,1-2H3,(H,24,25). The Morgan fingerprint density at radius 2 is 1.93 bits per heavy atom. The van der Waals surface area contributed by atoms with Gasteiger partial charge in [-0.1, -0.05) is 19.9 Å². The van der Waals surface area contributed by atoms with Gasteiger partial charge in [-0.15, -0.1) is 0 Å². The van der Waals surface area contributed by atoms with Crippen molar-refractivity contribution in [2.75, 3.05) is 44.6 Å². The third-order valence-corrected chi connectivity index (χ3v) is 5.71. The van der Waals surface area contributed by atoms with Crippen molar-refractivity contribution >= 4 is 11.6 Å². The first-order chi connectivity index (χ1) is 13.0. The van der Waals surface area contributed by atoms with Crippen LogP contribution in [0.1, 0.15) is 39.5 Å². The van der Waals surface area contributed by atoms with Gasteiger partial charge in [0, 0.05) is 31.4 Å². The molecule has 5 nitrogen and oxygen atoms in total. The molecular weight excluding hydrogens is 341 g/mol. The summed E-state index contributed by atoms with van der Waals surface area (Å²) in [5, 5.41) is 3.35. The Kier molecular flexibility index (Phi) is 6.71. The summed E-state index contributed by atoms with van der Waals surface area (Å²) in [6, 6.07) is 7.27. The summed E-state index contributed by atoms with van der Waals surface area (Å²) in [6.45, 7) is 9.92. The Hall–Kier alpha value is -1.66. The zero-order valence-corrected chi connectivity index (χ0v) is 16.8. The second-order valence-electron chi connectivity index (χ2n) is 8.60. The monoisotopic (exact) mass is 375 g/mol. The van der Waals surface area contributed by atoms with E-state index in [0.717, 1.165) is 37.6 Å². The van der Waals surface area contributed by atoms with Gasteiger partial charge in [0.2, 0.25) is 0 Å². The van der Waals surface area contributed by atoms with Crippen LogP contribution in [0, 0.1) is 11.2 Å². The molecule has 0 amide bonds. The van der Waals surface area contributed by atoms with Gasteiger partial charge >= 0.3 is 0 Å². The number of nitrogens with two attached hydrogens (primary N) is 1. The minimum Gasteiger partial charge on any atom is -0.343 e. The normalized spacial score (nSPS) is 20.3. The number of hydrogen-bond acceptors (Lipinski definition) is 3. The molecule has 0 unspecified atom stereocenters. The molecule has 0 radical (unpaired) electrons. The van der Waals surface area contributed by atoms with Gasteiger partial charge < -0.3 is 20.9 Å². The first kappa shape index (κ1) is 20.1. The molecule has 0 bridgehead atoms. The minimum absolute atomic E-state index is 0.0528. The molecule has 2 aliphatic rings. The topological polar surface area (TPSA) is 56.9 Å². The molecule has 1 aromatic rings. The van der Waals surface area contributed by atoms with Gasteiger partial charge in [-0.05, 0) is 68.9 Å². The van der Waals surface area contributed by atoms with E-state index in [1.54, 1.807) is 6.07 Å². The van der Waals surface area contributed by atoms with E-state index in [1.165, 1.54) is 38.1 Å². The van der Waals surface area contributed by atoms with Crippen molar-refractivity contribution in [1.82, 2.24) is 9.80 Å². The Labute approximate surface area is 162 Å². The van der Waals surface area contributed by atoms with E-state index in [1.807, 2.05) is 6.07 Å². The number of hydrogen-bond donors (Lipinski definition) is 2. The molecule has 150 valence electrons. The van der Waals surface area contributed by atoms with Crippen LogP contribution in [0.25, 0.3) is 0 Å². The second-order valence-corrected chi connectivity index (χ2v) is 8.60. The fourth-order valence-corrected chi connectivity index (χ4v) is 3.82. The van der Waals surface area contributed by atoms with Gasteiger partial charge in [0.15, 0.2) is 5.96 Å². The predicted octanol–water partition coefficient (Wildman–Crippen LogP) is 3.14. The first-order valence-corrected chi connectivity index (χ1v) is 10.2. The summed E-state index contributed by atoms with van der Waals surface area (Å²) in [5.41, 5.74) is 6.56. The molecule has 2 heterocycles. The zero-order chi connectivity index (χ0) is 19.3. The number of anilines is 1. The van der Waals surface area contributed by atoms with Gasteiger partial charge in [-0.3, -0.25) is 4.99 Å². The van der Waals surface area contributed by atoms with Crippen molar-refractivity contribution in [1.29, 1.82) is 0 Å². The van der Waals surface area contributed by atoms with E-state index in [2.05, 4.69) is 29.0 Å².